The van der Waals surface area contributed by atoms with Gasteiger partial charge < -0.3 is 0 Å². The maximum atomic E-state index is 10.4. The van der Waals surface area contributed by atoms with Crippen molar-refractivity contribution >= 4 is 5.69 Å². The van der Waals surface area contributed by atoms with Gasteiger partial charge in [-0.25, -0.2) is 5.01 Å². The fraction of sp³-hybridized carbons (Fsp3) is 0.333. The van der Waals surface area contributed by atoms with E-state index in [2.05, 4.69) is 5.29 Å². The van der Waals surface area contributed by atoms with Gasteiger partial charge in [0, 0.05) is 0 Å². The molecule has 0 bridgehead atoms. The molecule has 0 heterocycles. The number of benzene rings is 1. The zero-order valence-corrected chi connectivity index (χ0v) is 7.27. The minimum atomic E-state index is 0.102. The van der Waals surface area contributed by atoms with E-state index >= 15 is 0 Å². The Hall–Kier alpha value is -1.38. The highest BCUT2D eigenvalue weighted by molar-refractivity contribution is 5.45. The smallest absolute Gasteiger partial charge is 0.0629 e. The van der Waals surface area contributed by atoms with E-state index in [0.717, 1.165) is 5.69 Å². The standard InChI is InChI=1S/C9H12N2O/c1-8(2)11(10-12)9-6-4-3-5-7-9/h3-8H,1-2H3. The summed E-state index contributed by atoms with van der Waals surface area (Å²) in [7, 11) is 0. The third-order valence-corrected chi connectivity index (χ3v) is 1.60. The number of rotatable bonds is 3. The second kappa shape index (κ2) is 3.85. The number of nitrogens with zero attached hydrogens (tertiary/aromatic N) is 2. The molecule has 0 atom stereocenters. The van der Waals surface area contributed by atoms with Crippen molar-refractivity contribution in [2.24, 2.45) is 5.29 Å². The zero-order chi connectivity index (χ0) is 8.97. The topological polar surface area (TPSA) is 32.7 Å². The van der Waals surface area contributed by atoms with Crippen LogP contribution >= 0.6 is 0 Å². The molecule has 0 spiro atoms. The van der Waals surface area contributed by atoms with Gasteiger partial charge in [0.05, 0.1) is 17.0 Å². The lowest BCUT2D eigenvalue weighted by Gasteiger charge is -2.18. The summed E-state index contributed by atoms with van der Waals surface area (Å²) in [5.41, 5.74) is 0.836. The van der Waals surface area contributed by atoms with Crippen LogP contribution in [0.1, 0.15) is 13.8 Å². The molecule has 1 rings (SSSR count). The molecule has 1 aromatic rings. The zero-order valence-electron chi connectivity index (χ0n) is 7.27. The van der Waals surface area contributed by atoms with Crippen LogP contribution in [0.15, 0.2) is 35.6 Å². The van der Waals surface area contributed by atoms with Crippen molar-refractivity contribution in [3.8, 4) is 0 Å². The SMILES string of the molecule is CC(C)N(N=O)c1ccccc1. The number of anilines is 1. The van der Waals surface area contributed by atoms with E-state index in [0.29, 0.717) is 0 Å². The normalized spacial score (nSPS) is 9.92. The average molecular weight is 164 g/mol. The molecule has 0 N–H and O–H groups in total. The highest BCUT2D eigenvalue weighted by atomic mass is 16.3. The summed E-state index contributed by atoms with van der Waals surface area (Å²) < 4.78 is 0. The molecular weight excluding hydrogens is 152 g/mol. The molecule has 0 amide bonds. The molecule has 3 heteroatoms. The summed E-state index contributed by atoms with van der Waals surface area (Å²) in [4.78, 5) is 10.4. The Bertz CT molecular complexity index is 246. The lowest BCUT2D eigenvalue weighted by atomic mass is 10.3. The summed E-state index contributed by atoms with van der Waals surface area (Å²) in [6, 6.07) is 9.51. The first-order valence-corrected chi connectivity index (χ1v) is 3.93. The second-order valence-corrected chi connectivity index (χ2v) is 2.86. The van der Waals surface area contributed by atoms with Crippen LogP contribution in [0, 0.1) is 4.91 Å². The van der Waals surface area contributed by atoms with Gasteiger partial charge in [0.2, 0.25) is 0 Å². The van der Waals surface area contributed by atoms with Gasteiger partial charge in [-0.2, -0.15) is 0 Å². The Morgan fingerprint density at radius 2 is 1.83 bits per heavy atom. The van der Waals surface area contributed by atoms with Crippen LogP contribution in [0.25, 0.3) is 0 Å². The molecular formula is C9H12N2O. The third-order valence-electron chi connectivity index (χ3n) is 1.60. The second-order valence-electron chi connectivity index (χ2n) is 2.86. The van der Waals surface area contributed by atoms with Crippen molar-refractivity contribution in [1.29, 1.82) is 0 Å². The summed E-state index contributed by atoms with van der Waals surface area (Å²) in [6.07, 6.45) is 0. The van der Waals surface area contributed by atoms with Gasteiger partial charge in [0.15, 0.2) is 0 Å². The molecule has 64 valence electrons. The molecule has 0 aromatic heterocycles. The lowest BCUT2D eigenvalue weighted by Crippen LogP contribution is -2.23. The van der Waals surface area contributed by atoms with Crippen LogP contribution in [0.2, 0.25) is 0 Å². The van der Waals surface area contributed by atoms with Gasteiger partial charge in [-0.1, -0.05) is 18.2 Å². The van der Waals surface area contributed by atoms with Crippen molar-refractivity contribution in [1.82, 2.24) is 0 Å². The minimum absolute atomic E-state index is 0.102. The van der Waals surface area contributed by atoms with Crippen LogP contribution in [-0.4, -0.2) is 6.04 Å². The molecule has 0 aliphatic rings. The average Bonchev–Trinajstić information content (AvgIpc) is 2.07. The van der Waals surface area contributed by atoms with Crippen LogP contribution in [0.3, 0.4) is 0 Å². The molecule has 1 aromatic carbocycles. The Labute approximate surface area is 72.0 Å². The Morgan fingerprint density at radius 3 is 2.25 bits per heavy atom. The number of nitroso groups, excluding NO2 is 1. The predicted molar refractivity (Wildman–Crippen MR) is 49.9 cm³/mol. The highest BCUT2D eigenvalue weighted by Gasteiger charge is 2.08. The van der Waals surface area contributed by atoms with E-state index in [-0.39, 0.29) is 6.04 Å². The fourth-order valence-corrected chi connectivity index (χ4v) is 1.02. The monoisotopic (exact) mass is 164 g/mol. The van der Waals surface area contributed by atoms with Crippen molar-refractivity contribution < 1.29 is 0 Å². The van der Waals surface area contributed by atoms with E-state index in [9.17, 15) is 4.91 Å². The molecule has 0 aliphatic heterocycles. The van der Waals surface area contributed by atoms with Crippen LogP contribution in [-0.2, 0) is 0 Å². The maximum absolute atomic E-state index is 10.4. The van der Waals surface area contributed by atoms with E-state index in [1.54, 1.807) is 0 Å². The van der Waals surface area contributed by atoms with Crippen molar-refractivity contribution in [2.45, 2.75) is 19.9 Å². The predicted octanol–water partition coefficient (Wildman–Crippen LogP) is 2.58. The molecule has 0 saturated carbocycles. The van der Waals surface area contributed by atoms with Gasteiger partial charge in [0.1, 0.15) is 0 Å². The van der Waals surface area contributed by atoms with E-state index in [4.69, 9.17) is 0 Å². The van der Waals surface area contributed by atoms with Gasteiger partial charge in [0.25, 0.3) is 0 Å². The van der Waals surface area contributed by atoms with Gasteiger partial charge >= 0.3 is 0 Å². The third kappa shape index (κ3) is 1.81. The van der Waals surface area contributed by atoms with Crippen LogP contribution in [0.5, 0.6) is 0 Å². The maximum Gasteiger partial charge on any atom is 0.0629 e. The van der Waals surface area contributed by atoms with Crippen LogP contribution < -0.4 is 5.01 Å². The van der Waals surface area contributed by atoms with Crippen LogP contribution in [0.4, 0.5) is 5.69 Å². The summed E-state index contributed by atoms with van der Waals surface area (Å²) in [6.45, 7) is 3.85. The van der Waals surface area contributed by atoms with E-state index < -0.39 is 0 Å². The quantitative estimate of drug-likeness (QED) is 0.508. The van der Waals surface area contributed by atoms with Crippen molar-refractivity contribution in [2.75, 3.05) is 5.01 Å². The first-order valence-electron chi connectivity index (χ1n) is 3.93. The number of para-hydroxylation sites is 1. The molecule has 0 unspecified atom stereocenters. The summed E-state index contributed by atoms with van der Waals surface area (Å²) in [5, 5.41) is 4.39. The van der Waals surface area contributed by atoms with Gasteiger partial charge in [-0.15, -0.1) is 4.91 Å². The molecule has 3 nitrogen and oxygen atoms in total. The van der Waals surface area contributed by atoms with Crippen molar-refractivity contribution in [3.63, 3.8) is 0 Å². The first-order chi connectivity index (χ1) is 5.75. The molecule has 0 aliphatic carbocycles. The highest BCUT2D eigenvalue weighted by Crippen LogP contribution is 2.15. The van der Waals surface area contributed by atoms with E-state index in [1.165, 1.54) is 5.01 Å². The minimum Gasteiger partial charge on any atom is -0.227 e. The lowest BCUT2D eigenvalue weighted by molar-refractivity contribution is 0.709. The Morgan fingerprint density at radius 1 is 1.25 bits per heavy atom. The Balaban J connectivity index is 2.88. The first kappa shape index (κ1) is 8.71. The summed E-state index contributed by atoms with van der Waals surface area (Å²) in [5.74, 6) is 0. The molecule has 0 saturated heterocycles. The van der Waals surface area contributed by atoms with E-state index in [1.807, 2.05) is 44.2 Å². The molecule has 12 heavy (non-hydrogen) atoms. The van der Waals surface area contributed by atoms with Gasteiger partial charge in [-0.05, 0) is 26.0 Å². The van der Waals surface area contributed by atoms with Crippen molar-refractivity contribution in [3.05, 3.63) is 35.2 Å². The number of hydrogen-bond acceptors (Lipinski definition) is 2. The summed E-state index contributed by atoms with van der Waals surface area (Å²) >= 11 is 0. The Kier molecular flexibility index (Phi) is 2.80. The fourth-order valence-electron chi connectivity index (χ4n) is 1.02. The molecule has 0 fully saturated rings. The largest absolute Gasteiger partial charge is 0.227 e. The van der Waals surface area contributed by atoms with Gasteiger partial charge in [-0.3, -0.25) is 0 Å². The molecule has 0 radical (unpaired) electrons. The number of hydrogen-bond donors (Lipinski definition) is 0.